The van der Waals surface area contributed by atoms with Gasteiger partial charge in [-0.1, -0.05) is 53.4 Å². The minimum Gasteiger partial charge on any atom is -0.0683 e. The maximum absolute atomic E-state index is 2.40. The monoisotopic (exact) mass is 156 g/mol. The first kappa shape index (κ1) is 11.0. The zero-order chi connectivity index (χ0) is 8.74. The minimum atomic E-state index is 0.663. The molecule has 0 saturated heterocycles. The van der Waals surface area contributed by atoms with E-state index in [4.69, 9.17) is 0 Å². The SMILES string of the molecule is CC.CC1(C)CCCCCC1. The van der Waals surface area contributed by atoms with Crippen LogP contribution in [0.25, 0.3) is 0 Å². The van der Waals surface area contributed by atoms with Crippen LogP contribution < -0.4 is 0 Å². The molecule has 0 spiro atoms. The van der Waals surface area contributed by atoms with Crippen LogP contribution in [0.2, 0.25) is 0 Å². The highest BCUT2D eigenvalue weighted by Crippen LogP contribution is 2.33. The molecule has 1 aliphatic rings. The van der Waals surface area contributed by atoms with Crippen molar-refractivity contribution >= 4 is 0 Å². The zero-order valence-electron chi connectivity index (χ0n) is 8.74. The molecule has 0 bridgehead atoms. The van der Waals surface area contributed by atoms with E-state index in [1.807, 2.05) is 13.8 Å². The van der Waals surface area contributed by atoms with E-state index in [0.29, 0.717) is 5.41 Å². The van der Waals surface area contributed by atoms with E-state index in [1.54, 1.807) is 0 Å². The minimum absolute atomic E-state index is 0.663. The predicted octanol–water partition coefficient (Wildman–Crippen LogP) is 4.39. The maximum atomic E-state index is 2.40. The van der Waals surface area contributed by atoms with Crippen LogP contribution >= 0.6 is 0 Å². The molecule has 0 aromatic heterocycles. The normalized spacial score (nSPS) is 22.9. The van der Waals surface area contributed by atoms with Gasteiger partial charge in [0, 0.05) is 0 Å². The second kappa shape index (κ2) is 5.62. The molecule has 0 unspecified atom stereocenters. The molecule has 0 atom stereocenters. The summed E-state index contributed by atoms with van der Waals surface area (Å²) in [6.45, 7) is 8.80. The molecule has 0 heteroatoms. The summed E-state index contributed by atoms with van der Waals surface area (Å²) >= 11 is 0. The van der Waals surface area contributed by atoms with Crippen molar-refractivity contribution in [1.29, 1.82) is 0 Å². The fourth-order valence-corrected chi connectivity index (χ4v) is 1.69. The van der Waals surface area contributed by atoms with Gasteiger partial charge in [-0.05, 0) is 18.3 Å². The molecule has 0 nitrogen and oxygen atoms in total. The average Bonchev–Trinajstić information content (AvgIpc) is 2.17. The molecule has 1 aliphatic carbocycles. The van der Waals surface area contributed by atoms with Gasteiger partial charge in [0.15, 0.2) is 0 Å². The summed E-state index contributed by atoms with van der Waals surface area (Å²) in [6, 6.07) is 0. The van der Waals surface area contributed by atoms with Gasteiger partial charge in [0.1, 0.15) is 0 Å². The van der Waals surface area contributed by atoms with E-state index >= 15 is 0 Å². The molecule has 0 aromatic carbocycles. The van der Waals surface area contributed by atoms with Crippen LogP contribution in [-0.4, -0.2) is 0 Å². The Labute approximate surface area is 72.4 Å². The summed E-state index contributed by atoms with van der Waals surface area (Å²) in [5.41, 5.74) is 0.663. The summed E-state index contributed by atoms with van der Waals surface area (Å²) < 4.78 is 0. The fourth-order valence-electron chi connectivity index (χ4n) is 1.69. The first-order valence-corrected chi connectivity index (χ1v) is 5.21. The van der Waals surface area contributed by atoms with E-state index < -0.39 is 0 Å². The van der Waals surface area contributed by atoms with Gasteiger partial charge < -0.3 is 0 Å². The predicted molar refractivity (Wildman–Crippen MR) is 52.8 cm³/mol. The summed E-state index contributed by atoms with van der Waals surface area (Å²) in [5.74, 6) is 0. The zero-order valence-corrected chi connectivity index (χ0v) is 8.74. The van der Waals surface area contributed by atoms with Gasteiger partial charge in [-0.25, -0.2) is 0 Å². The molecule has 68 valence electrons. The first-order chi connectivity index (χ1) is 5.21. The van der Waals surface area contributed by atoms with Gasteiger partial charge in [0.2, 0.25) is 0 Å². The Morgan fingerprint density at radius 1 is 0.727 bits per heavy atom. The second-order valence-electron chi connectivity index (χ2n) is 4.08. The molecule has 1 rings (SSSR count). The highest BCUT2D eigenvalue weighted by molar-refractivity contribution is 4.71. The molecule has 1 fully saturated rings. The average molecular weight is 156 g/mol. The van der Waals surface area contributed by atoms with Gasteiger partial charge in [-0.3, -0.25) is 0 Å². The summed E-state index contributed by atoms with van der Waals surface area (Å²) in [4.78, 5) is 0. The molecule has 0 amide bonds. The van der Waals surface area contributed by atoms with Crippen LogP contribution in [0.5, 0.6) is 0 Å². The van der Waals surface area contributed by atoms with Crippen molar-refractivity contribution in [3.05, 3.63) is 0 Å². The molecule has 0 N–H and O–H groups in total. The van der Waals surface area contributed by atoms with Crippen LogP contribution in [0.4, 0.5) is 0 Å². The summed E-state index contributed by atoms with van der Waals surface area (Å²) in [5, 5.41) is 0. The van der Waals surface area contributed by atoms with Gasteiger partial charge in [-0.15, -0.1) is 0 Å². The van der Waals surface area contributed by atoms with Crippen LogP contribution in [0.1, 0.15) is 66.2 Å². The standard InChI is InChI=1S/C9H18.C2H6/c1-9(2)7-5-3-4-6-8-9;1-2/h3-8H2,1-2H3;1-2H3. The molecular weight excluding hydrogens is 132 g/mol. The highest BCUT2D eigenvalue weighted by Gasteiger charge is 2.18. The van der Waals surface area contributed by atoms with Crippen LogP contribution in [0, 0.1) is 5.41 Å². The van der Waals surface area contributed by atoms with E-state index in [1.165, 1.54) is 38.5 Å². The molecular formula is C11H24. The van der Waals surface area contributed by atoms with E-state index in [9.17, 15) is 0 Å². The lowest BCUT2D eigenvalue weighted by Gasteiger charge is -2.21. The van der Waals surface area contributed by atoms with E-state index in [2.05, 4.69) is 13.8 Å². The number of hydrogen-bond acceptors (Lipinski definition) is 0. The Balaban J connectivity index is 0.000000461. The van der Waals surface area contributed by atoms with Gasteiger partial charge in [0.25, 0.3) is 0 Å². The highest BCUT2D eigenvalue weighted by atomic mass is 14.2. The first-order valence-electron chi connectivity index (χ1n) is 5.21. The van der Waals surface area contributed by atoms with E-state index in [0.717, 1.165) is 0 Å². The molecule has 1 saturated carbocycles. The third kappa shape index (κ3) is 5.29. The van der Waals surface area contributed by atoms with Crippen molar-refractivity contribution in [2.75, 3.05) is 0 Å². The Hall–Kier alpha value is 0. The van der Waals surface area contributed by atoms with E-state index in [-0.39, 0.29) is 0 Å². The third-order valence-corrected chi connectivity index (χ3v) is 2.46. The molecule has 0 aromatic rings. The lowest BCUT2D eigenvalue weighted by Crippen LogP contribution is -2.08. The number of hydrogen-bond donors (Lipinski definition) is 0. The van der Waals surface area contributed by atoms with Crippen molar-refractivity contribution in [3.63, 3.8) is 0 Å². The Bertz CT molecular complexity index is 72.0. The summed E-state index contributed by atoms with van der Waals surface area (Å²) in [7, 11) is 0. The summed E-state index contributed by atoms with van der Waals surface area (Å²) in [6.07, 6.45) is 8.78. The van der Waals surface area contributed by atoms with Gasteiger partial charge >= 0.3 is 0 Å². The molecule has 11 heavy (non-hydrogen) atoms. The van der Waals surface area contributed by atoms with Gasteiger partial charge in [-0.2, -0.15) is 0 Å². The number of rotatable bonds is 0. The quantitative estimate of drug-likeness (QED) is 0.456. The van der Waals surface area contributed by atoms with Crippen LogP contribution in [0.3, 0.4) is 0 Å². The lowest BCUT2D eigenvalue weighted by molar-refractivity contribution is 0.314. The van der Waals surface area contributed by atoms with Crippen LogP contribution in [-0.2, 0) is 0 Å². The fraction of sp³-hybridized carbons (Fsp3) is 1.00. The Morgan fingerprint density at radius 3 is 1.45 bits per heavy atom. The molecule has 0 heterocycles. The molecule has 0 aliphatic heterocycles. The Kier molecular flexibility index (Phi) is 5.62. The smallest absolute Gasteiger partial charge is 0.0354 e. The largest absolute Gasteiger partial charge is 0.0683 e. The maximum Gasteiger partial charge on any atom is -0.0354 e. The third-order valence-electron chi connectivity index (χ3n) is 2.46. The van der Waals surface area contributed by atoms with Crippen molar-refractivity contribution in [1.82, 2.24) is 0 Å². The van der Waals surface area contributed by atoms with Crippen molar-refractivity contribution in [2.45, 2.75) is 66.2 Å². The second-order valence-corrected chi connectivity index (χ2v) is 4.08. The van der Waals surface area contributed by atoms with Crippen LogP contribution in [0.15, 0.2) is 0 Å². The topological polar surface area (TPSA) is 0 Å². The van der Waals surface area contributed by atoms with Crippen molar-refractivity contribution < 1.29 is 0 Å². The van der Waals surface area contributed by atoms with Gasteiger partial charge in [0.05, 0.1) is 0 Å². The van der Waals surface area contributed by atoms with Crippen molar-refractivity contribution in [3.8, 4) is 0 Å². The Morgan fingerprint density at radius 2 is 1.09 bits per heavy atom. The molecule has 0 radical (unpaired) electrons. The van der Waals surface area contributed by atoms with Crippen molar-refractivity contribution in [2.24, 2.45) is 5.41 Å². The lowest BCUT2D eigenvalue weighted by atomic mass is 9.85.